The van der Waals surface area contributed by atoms with Gasteiger partial charge < -0.3 is 9.73 Å². The molecule has 1 heterocycles. The smallest absolute Gasteiger partial charge is 0.336 e. The summed E-state index contributed by atoms with van der Waals surface area (Å²) in [6.07, 6.45) is 1.90. The van der Waals surface area contributed by atoms with Crippen LogP contribution in [0.2, 0.25) is 5.02 Å². The Labute approximate surface area is 146 Å². The highest BCUT2D eigenvalue weighted by atomic mass is 35.5. The van der Waals surface area contributed by atoms with Crippen LogP contribution in [-0.4, -0.2) is 6.54 Å². The van der Waals surface area contributed by atoms with Crippen molar-refractivity contribution in [2.45, 2.75) is 26.3 Å². The second-order valence-electron chi connectivity index (χ2n) is 5.93. The zero-order valence-electron chi connectivity index (χ0n) is 13.7. The summed E-state index contributed by atoms with van der Waals surface area (Å²) in [5, 5.41) is 4.00. The average molecular weight is 343 g/mol. The van der Waals surface area contributed by atoms with Crippen molar-refractivity contribution in [3.63, 3.8) is 0 Å². The minimum Gasteiger partial charge on any atom is -0.423 e. The molecular formula is C20H21ClNO2+. The minimum atomic E-state index is -0.281. The predicted octanol–water partition coefficient (Wildman–Crippen LogP) is 3.31. The monoisotopic (exact) mass is 342 g/mol. The van der Waals surface area contributed by atoms with E-state index in [0.29, 0.717) is 5.58 Å². The van der Waals surface area contributed by atoms with Crippen molar-refractivity contribution < 1.29 is 9.73 Å². The zero-order chi connectivity index (χ0) is 16.9. The van der Waals surface area contributed by atoms with Gasteiger partial charge in [0.1, 0.15) is 12.1 Å². The molecule has 3 nitrogen and oxygen atoms in total. The van der Waals surface area contributed by atoms with Gasteiger partial charge in [-0.05, 0) is 35.7 Å². The Morgan fingerprint density at radius 3 is 2.54 bits per heavy atom. The lowest BCUT2D eigenvalue weighted by Gasteiger charge is -2.06. The van der Waals surface area contributed by atoms with Crippen LogP contribution in [-0.2, 0) is 19.4 Å². The quantitative estimate of drug-likeness (QED) is 0.552. The van der Waals surface area contributed by atoms with Crippen molar-refractivity contribution in [3.8, 4) is 0 Å². The second-order valence-corrected chi connectivity index (χ2v) is 6.37. The van der Waals surface area contributed by atoms with Crippen LogP contribution >= 0.6 is 11.6 Å². The summed E-state index contributed by atoms with van der Waals surface area (Å²) in [5.41, 5.74) is 3.87. The molecule has 0 saturated heterocycles. The van der Waals surface area contributed by atoms with Gasteiger partial charge >= 0.3 is 5.63 Å². The van der Waals surface area contributed by atoms with Crippen molar-refractivity contribution in [3.05, 3.63) is 80.7 Å². The molecule has 4 heteroatoms. The molecule has 0 radical (unpaired) electrons. The van der Waals surface area contributed by atoms with Gasteiger partial charge in [-0.2, -0.15) is 0 Å². The first-order valence-electron chi connectivity index (χ1n) is 8.27. The summed E-state index contributed by atoms with van der Waals surface area (Å²) >= 11 is 5.90. The van der Waals surface area contributed by atoms with E-state index in [2.05, 4.69) is 36.5 Å². The van der Waals surface area contributed by atoms with E-state index in [-0.39, 0.29) is 5.63 Å². The van der Waals surface area contributed by atoms with Gasteiger partial charge in [-0.25, -0.2) is 4.79 Å². The lowest BCUT2D eigenvalue weighted by atomic mass is 10.1. The lowest BCUT2D eigenvalue weighted by Crippen LogP contribution is -2.83. The van der Waals surface area contributed by atoms with E-state index in [0.717, 1.165) is 41.9 Å². The fraction of sp³-hybridized carbons (Fsp3) is 0.250. The van der Waals surface area contributed by atoms with E-state index in [9.17, 15) is 4.79 Å². The fourth-order valence-electron chi connectivity index (χ4n) is 2.84. The molecule has 0 saturated carbocycles. The summed E-state index contributed by atoms with van der Waals surface area (Å²) in [7, 11) is 0. The van der Waals surface area contributed by atoms with E-state index < -0.39 is 0 Å². The molecule has 0 atom stereocenters. The highest BCUT2D eigenvalue weighted by Gasteiger charge is 2.08. The van der Waals surface area contributed by atoms with Gasteiger partial charge in [0.05, 0.1) is 6.54 Å². The molecule has 2 aromatic carbocycles. The van der Waals surface area contributed by atoms with Crippen molar-refractivity contribution in [2.24, 2.45) is 0 Å². The van der Waals surface area contributed by atoms with Gasteiger partial charge in [-0.3, -0.25) is 0 Å². The van der Waals surface area contributed by atoms with E-state index >= 15 is 0 Å². The molecule has 0 aliphatic rings. The average Bonchev–Trinajstić information content (AvgIpc) is 2.59. The number of quaternary nitrogens is 1. The Hall–Kier alpha value is -2.10. The van der Waals surface area contributed by atoms with Crippen LogP contribution in [0.15, 0.2) is 57.7 Å². The standard InChI is InChI=1S/C20H20ClNO2/c1-2-14-5-8-18-16(12-20(23)24-19(18)11-14)13-22-10-9-15-3-6-17(21)7-4-15/h3-8,11-12,22H,2,9-10,13H2,1H3/p+1. The maximum absolute atomic E-state index is 11.8. The Kier molecular flexibility index (Phi) is 5.34. The summed E-state index contributed by atoms with van der Waals surface area (Å²) in [4.78, 5) is 11.8. The first-order chi connectivity index (χ1) is 11.7. The lowest BCUT2D eigenvalue weighted by molar-refractivity contribution is -0.670. The topological polar surface area (TPSA) is 46.8 Å². The van der Waals surface area contributed by atoms with Gasteiger partial charge in [0.15, 0.2) is 0 Å². The van der Waals surface area contributed by atoms with Gasteiger partial charge in [-0.15, -0.1) is 0 Å². The van der Waals surface area contributed by atoms with Gasteiger partial charge in [0.2, 0.25) is 0 Å². The summed E-state index contributed by atoms with van der Waals surface area (Å²) in [5.74, 6) is 0. The highest BCUT2D eigenvalue weighted by Crippen LogP contribution is 2.18. The minimum absolute atomic E-state index is 0.281. The van der Waals surface area contributed by atoms with Crippen molar-refractivity contribution in [2.75, 3.05) is 6.54 Å². The SMILES string of the molecule is CCc1ccc2c(C[NH2+]CCc3ccc(Cl)cc3)cc(=O)oc2c1. The number of halogens is 1. The van der Waals surface area contributed by atoms with E-state index in [1.165, 1.54) is 11.1 Å². The van der Waals surface area contributed by atoms with Crippen LogP contribution in [0.25, 0.3) is 11.0 Å². The third-order valence-corrected chi connectivity index (χ3v) is 4.47. The molecule has 24 heavy (non-hydrogen) atoms. The molecule has 0 fully saturated rings. The largest absolute Gasteiger partial charge is 0.423 e. The van der Waals surface area contributed by atoms with Crippen LogP contribution in [0.1, 0.15) is 23.6 Å². The molecule has 3 aromatic rings. The first kappa shape index (κ1) is 16.7. The maximum Gasteiger partial charge on any atom is 0.336 e. The normalized spacial score (nSPS) is 11.1. The third-order valence-electron chi connectivity index (χ3n) is 4.22. The Morgan fingerprint density at radius 1 is 1.04 bits per heavy atom. The van der Waals surface area contributed by atoms with E-state index in [1.54, 1.807) is 6.07 Å². The second kappa shape index (κ2) is 7.65. The van der Waals surface area contributed by atoms with Crippen molar-refractivity contribution in [1.29, 1.82) is 0 Å². The highest BCUT2D eigenvalue weighted by molar-refractivity contribution is 6.30. The molecule has 0 aliphatic heterocycles. The van der Waals surface area contributed by atoms with E-state index in [4.69, 9.17) is 16.0 Å². The van der Waals surface area contributed by atoms with Crippen LogP contribution in [0.3, 0.4) is 0 Å². The number of hydrogen-bond acceptors (Lipinski definition) is 2. The summed E-state index contributed by atoms with van der Waals surface area (Å²) in [6, 6.07) is 15.7. The Morgan fingerprint density at radius 2 is 1.79 bits per heavy atom. The van der Waals surface area contributed by atoms with Crippen LogP contribution < -0.4 is 10.9 Å². The number of nitrogens with two attached hydrogens (primary N) is 1. The van der Waals surface area contributed by atoms with Crippen LogP contribution in [0.5, 0.6) is 0 Å². The molecule has 3 rings (SSSR count). The van der Waals surface area contributed by atoms with Gasteiger partial charge in [0.25, 0.3) is 0 Å². The molecule has 0 bridgehead atoms. The molecule has 0 amide bonds. The number of benzene rings is 2. The summed E-state index contributed by atoms with van der Waals surface area (Å²) in [6.45, 7) is 3.81. The van der Waals surface area contributed by atoms with Gasteiger partial charge in [0, 0.05) is 28.5 Å². The molecular weight excluding hydrogens is 322 g/mol. The van der Waals surface area contributed by atoms with E-state index in [1.807, 2.05) is 18.2 Å². The number of aryl methyl sites for hydroxylation is 1. The van der Waals surface area contributed by atoms with Crippen molar-refractivity contribution >= 4 is 22.6 Å². The van der Waals surface area contributed by atoms with Crippen LogP contribution in [0, 0.1) is 0 Å². The fourth-order valence-corrected chi connectivity index (χ4v) is 2.97. The predicted molar refractivity (Wildman–Crippen MR) is 97.5 cm³/mol. The number of rotatable bonds is 6. The molecule has 0 unspecified atom stereocenters. The zero-order valence-corrected chi connectivity index (χ0v) is 14.5. The molecule has 1 aromatic heterocycles. The van der Waals surface area contributed by atoms with Crippen molar-refractivity contribution in [1.82, 2.24) is 0 Å². The Balaban J connectivity index is 1.68. The number of hydrogen-bond donors (Lipinski definition) is 1. The molecule has 0 aliphatic carbocycles. The third kappa shape index (κ3) is 4.05. The molecule has 0 spiro atoms. The summed E-state index contributed by atoms with van der Waals surface area (Å²) < 4.78 is 5.35. The number of fused-ring (bicyclic) bond motifs is 1. The molecule has 124 valence electrons. The Bertz CT molecular complexity index is 884. The van der Waals surface area contributed by atoms with Gasteiger partial charge in [-0.1, -0.05) is 42.8 Å². The first-order valence-corrected chi connectivity index (χ1v) is 8.65. The molecule has 2 N–H and O–H groups in total. The maximum atomic E-state index is 11.8. The van der Waals surface area contributed by atoms with Crippen LogP contribution in [0.4, 0.5) is 0 Å².